The predicted octanol–water partition coefficient (Wildman–Crippen LogP) is 1.01. The number of nitrogens with one attached hydrogen (secondary N) is 1. The van der Waals surface area contributed by atoms with Gasteiger partial charge in [0.05, 0.1) is 0 Å². The van der Waals surface area contributed by atoms with Crippen molar-refractivity contribution in [1.29, 1.82) is 0 Å². The standard InChI is InChI=1S/C12H27N3/c1-5-12(9-13-3)15-8-6-7-14(4)10-11(15)2/h11-13H,5-10H2,1-4H3. The third kappa shape index (κ3) is 3.74. The predicted molar refractivity (Wildman–Crippen MR) is 66.3 cm³/mol. The summed E-state index contributed by atoms with van der Waals surface area (Å²) in [4.78, 5) is 5.14. The summed E-state index contributed by atoms with van der Waals surface area (Å²) < 4.78 is 0. The Hall–Kier alpha value is -0.120. The molecule has 0 aromatic rings. The molecule has 1 rings (SSSR count). The van der Waals surface area contributed by atoms with Crippen LogP contribution in [0.3, 0.4) is 0 Å². The van der Waals surface area contributed by atoms with E-state index in [1.165, 1.54) is 32.5 Å². The Morgan fingerprint density at radius 1 is 1.40 bits per heavy atom. The van der Waals surface area contributed by atoms with E-state index >= 15 is 0 Å². The van der Waals surface area contributed by atoms with Crippen molar-refractivity contribution in [2.75, 3.05) is 40.3 Å². The third-order valence-electron chi connectivity index (χ3n) is 3.48. The zero-order valence-corrected chi connectivity index (χ0v) is 10.8. The van der Waals surface area contributed by atoms with Crippen LogP contribution in [0.1, 0.15) is 26.7 Å². The van der Waals surface area contributed by atoms with Crippen LogP contribution in [-0.2, 0) is 0 Å². The number of hydrogen-bond acceptors (Lipinski definition) is 3. The van der Waals surface area contributed by atoms with Gasteiger partial charge in [-0.3, -0.25) is 4.90 Å². The highest BCUT2D eigenvalue weighted by atomic mass is 15.3. The number of nitrogens with zero attached hydrogens (tertiary/aromatic N) is 2. The molecule has 0 aromatic carbocycles. The van der Waals surface area contributed by atoms with Gasteiger partial charge in [0.2, 0.25) is 0 Å². The van der Waals surface area contributed by atoms with E-state index in [0.29, 0.717) is 12.1 Å². The van der Waals surface area contributed by atoms with Gasteiger partial charge >= 0.3 is 0 Å². The minimum atomic E-state index is 0.691. The highest BCUT2D eigenvalue weighted by molar-refractivity contribution is 4.81. The summed E-state index contributed by atoms with van der Waals surface area (Å²) in [5, 5.41) is 3.31. The van der Waals surface area contributed by atoms with E-state index in [4.69, 9.17) is 0 Å². The lowest BCUT2D eigenvalue weighted by Crippen LogP contribution is -2.48. The molecule has 1 N–H and O–H groups in total. The Morgan fingerprint density at radius 3 is 2.73 bits per heavy atom. The first-order chi connectivity index (χ1) is 7.19. The van der Waals surface area contributed by atoms with Gasteiger partial charge < -0.3 is 10.2 Å². The summed E-state index contributed by atoms with van der Waals surface area (Å²) >= 11 is 0. The van der Waals surface area contributed by atoms with Crippen LogP contribution < -0.4 is 5.32 Å². The molecule has 0 aromatic heterocycles. The van der Waals surface area contributed by atoms with Crippen LogP contribution in [0.15, 0.2) is 0 Å². The first-order valence-corrected chi connectivity index (χ1v) is 6.28. The van der Waals surface area contributed by atoms with Gasteiger partial charge in [0.1, 0.15) is 0 Å². The summed E-state index contributed by atoms with van der Waals surface area (Å²) in [7, 11) is 4.29. The fourth-order valence-electron chi connectivity index (χ4n) is 2.66. The topological polar surface area (TPSA) is 18.5 Å². The summed E-state index contributed by atoms with van der Waals surface area (Å²) in [6, 6.07) is 1.40. The van der Waals surface area contributed by atoms with Crippen LogP contribution in [0.2, 0.25) is 0 Å². The van der Waals surface area contributed by atoms with Crippen molar-refractivity contribution in [3.63, 3.8) is 0 Å². The Balaban J connectivity index is 2.56. The van der Waals surface area contributed by atoms with Crippen LogP contribution in [0.5, 0.6) is 0 Å². The van der Waals surface area contributed by atoms with Crippen molar-refractivity contribution in [3.8, 4) is 0 Å². The van der Waals surface area contributed by atoms with E-state index < -0.39 is 0 Å². The van der Waals surface area contributed by atoms with E-state index in [1.54, 1.807) is 0 Å². The van der Waals surface area contributed by atoms with Gasteiger partial charge in [-0.25, -0.2) is 0 Å². The first-order valence-electron chi connectivity index (χ1n) is 6.28. The van der Waals surface area contributed by atoms with Crippen LogP contribution in [0.25, 0.3) is 0 Å². The van der Waals surface area contributed by atoms with E-state index in [0.717, 1.165) is 6.54 Å². The first kappa shape index (κ1) is 12.9. The zero-order valence-electron chi connectivity index (χ0n) is 10.8. The summed E-state index contributed by atoms with van der Waals surface area (Å²) in [5.74, 6) is 0. The molecule has 0 saturated carbocycles. The molecule has 0 spiro atoms. The van der Waals surface area contributed by atoms with E-state index in [1.807, 2.05) is 0 Å². The quantitative estimate of drug-likeness (QED) is 0.752. The molecule has 1 heterocycles. The Labute approximate surface area is 94.8 Å². The Morgan fingerprint density at radius 2 is 2.13 bits per heavy atom. The van der Waals surface area contributed by atoms with Gasteiger partial charge in [-0.2, -0.15) is 0 Å². The largest absolute Gasteiger partial charge is 0.318 e. The molecule has 90 valence electrons. The highest BCUT2D eigenvalue weighted by Gasteiger charge is 2.24. The van der Waals surface area contributed by atoms with Crippen molar-refractivity contribution in [2.24, 2.45) is 0 Å². The molecule has 1 aliphatic heterocycles. The summed E-state index contributed by atoms with van der Waals surface area (Å²) in [6.45, 7) is 9.48. The number of likely N-dealkylation sites (N-methyl/N-ethyl adjacent to an activating group) is 2. The van der Waals surface area contributed by atoms with Crippen molar-refractivity contribution in [3.05, 3.63) is 0 Å². The lowest BCUT2D eigenvalue weighted by atomic mass is 10.1. The molecular formula is C12H27N3. The van der Waals surface area contributed by atoms with Crippen molar-refractivity contribution < 1.29 is 0 Å². The average Bonchev–Trinajstić information content (AvgIpc) is 2.36. The molecule has 2 unspecified atom stereocenters. The minimum Gasteiger partial charge on any atom is -0.318 e. The van der Waals surface area contributed by atoms with Gasteiger partial charge in [-0.15, -0.1) is 0 Å². The van der Waals surface area contributed by atoms with Crippen LogP contribution >= 0.6 is 0 Å². The molecule has 0 aliphatic carbocycles. The average molecular weight is 213 g/mol. The summed E-state index contributed by atoms with van der Waals surface area (Å²) in [6.07, 6.45) is 2.55. The van der Waals surface area contributed by atoms with Gasteiger partial charge in [0.25, 0.3) is 0 Å². The molecular weight excluding hydrogens is 186 g/mol. The molecule has 15 heavy (non-hydrogen) atoms. The van der Waals surface area contributed by atoms with Crippen LogP contribution in [0.4, 0.5) is 0 Å². The molecule has 3 nitrogen and oxygen atoms in total. The lowest BCUT2D eigenvalue weighted by molar-refractivity contribution is 0.138. The van der Waals surface area contributed by atoms with Gasteiger partial charge in [0, 0.05) is 31.7 Å². The smallest absolute Gasteiger partial charge is 0.0221 e. The Bertz CT molecular complexity index is 172. The van der Waals surface area contributed by atoms with E-state index in [-0.39, 0.29) is 0 Å². The second-order valence-electron chi connectivity index (χ2n) is 4.82. The molecule has 1 saturated heterocycles. The second-order valence-corrected chi connectivity index (χ2v) is 4.82. The monoisotopic (exact) mass is 213 g/mol. The minimum absolute atomic E-state index is 0.691. The van der Waals surface area contributed by atoms with Crippen molar-refractivity contribution in [2.45, 2.75) is 38.8 Å². The maximum absolute atomic E-state index is 3.31. The van der Waals surface area contributed by atoms with E-state index in [2.05, 4.69) is 43.1 Å². The molecule has 1 fully saturated rings. The third-order valence-corrected chi connectivity index (χ3v) is 3.48. The highest BCUT2D eigenvalue weighted by Crippen LogP contribution is 2.14. The lowest BCUT2D eigenvalue weighted by Gasteiger charge is -2.35. The van der Waals surface area contributed by atoms with Gasteiger partial charge in [-0.1, -0.05) is 6.92 Å². The molecule has 3 heteroatoms. The fourth-order valence-corrected chi connectivity index (χ4v) is 2.66. The molecule has 0 radical (unpaired) electrons. The molecule has 0 amide bonds. The Kier molecular flexibility index (Phi) is 5.58. The molecule has 2 atom stereocenters. The van der Waals surface area contributed by atoms with Crippen LogP contribution in [0, 0.1) is 0 Å². The SMILES string of the molecule is CCC(CNC)N1CCCN(C)CC1C. The van der Waals surface area contributed by atoms with Crippen LogP contribution in [-0.4, -0.2) is 62.2 Å². The maximum Gasteiger partial charge on any atom is 0.0221 e. The normalized spacial score (nSPS) is 27.6. The fraction of sp³-hybridized carbons (Fsp3) is 1.00. The number of hydrogen-bond donors (Lipinski definition) is 1. The summed E-state index contributed by atoms with van der Waals surface area (Å²) in [5.41, 5.74) is 0. The maximum atomic E-state index is 3.31. The van der Waals surface area contributed by atoms with Crippen molar-refractivity contribution >= 4 is 0 Å². The second kappa shape index (κ2) is 6.46. The van der Waals surface area contributed by atoms with E-state index in [9.17, 15) is 0 Å². The van der Waals surface area contributed by atoms with Gasteiger partial charge in [0.15, 0.2) is 0 Å². The molecule has 1 aliphatic rings. The van der Waals surface area contributed by atoms with Crippen molar-refractivity contribution in [1.82, 2.24) is 15.1 Å². The zero-order chi connectivity index (χ0) is 11.3. The number of rotatable bonds is 4. The molecule has 0 bridgehead atoms. The van der Waals surface area contributed by atoms with Gasteiger partial charge in [-0.05, 0) is 40.4 Å².